The van der Waals surface area contributed by atoms with Crippen molar-refractivity contribution in [1.29, 1.82) is 0 Å². The van der Waals surface area contributed by atoms with Gasteiger partial charge < -0.3 is 5.32 Å². The van der Waals surface area contributed by atoms with Crippen LogP contribution in [0.3, 0.4) is 0 Å². The number of thioether (sulfide) groups is 1. The zero-order chi connectivity index (χ0) is 17.8. The Labute approximate surface area is 165 Å². The molecule has 1 N–H and O–H groups in total. The summed E-state index contributed by atoms with van der Waals surface area (Å²) in [6.45, 7) is 0. The van der Waals surface area contributed by atoms with E-state index in [-0.39, 0.29) is 17.5 Å². The van der Waals surface area contributed by atoms with Gasteiger partial charge in [0.15, 0.2) is 8.29 Å². The van der Waals surface area contributed by atoms with E-state index in [0.29, 0.717) is 14.0 Å². The minimum Gasteiger partial charge on any atom is -0.325 e. The van der Waals surface area contributed by atoms with Gasteiger partial charge >= 0.3 is 0 Å². The van der Waals surface area contributed by atoms with Gasteiger partial charge in [-0.25, -0.2) is 9.07 Å². The monoisotopic (exact) mass is 455 g/mol. The van der Waals surface area contributed by atoms with E-state index in [9.17, 15) is 9.18 Å². The van der Waals surface area contributed by atoms with Crippen LogP contribution < -0.4 is 5.32 Å². The van der Waals surface area contributed by atoms with Gasteiger partial charge in [0.25, 0.3) is 0 Å². The van der Waals surface area contributed by atoms with Crippen LogP contribution in [0.2, 0.25) is 0 Å². The molecule has 3 aromatic rings. The lowest BCUT2D eigenvalue weighted by Crippen LogP contribution is -2.13. The molecule has 0 saturated carbocycles. The summed E-state index contributed by atoms with van der Waals surface area (Å²) >= 11 is 11.3. The molecule has 0 fully saturated rings. The molecule has 0 aliphatic rings. The van der Waals surface area contributed by atoms with Crippen LogP contribution in [0.5, 0.6) is 0 Å². The number of benzene rings is 2. The molecule has 4 nitrogen and oxygen atoms in total. The lowest BCUT2D eigenvalue weighted by molar-refractivity contribution is -0.113. The fourth-order valence-corrected chi connectivity index (χ4v) is 4.35. The predicted molar refractivity (Wildman–Crippen MR) is 106 cm³/mol. The molecular formula is C16H11BrFN3OS3. The second kappa shape index (κ2) is 8.22. The summed E-state index contributed by atoms with van der Waals surface area (Å²) in [5, 5.41) is 7.21. The van der Waals surface area contributed by atoms with Crippen molar-refractivity contribution in [2.45, 2.75) is 4.34 Å². The number of halogens is 2. The van der Waals surface area contributed by atoms with Crippen molar-refractivity contribution in [3.8, 4) is 5.69 Å². The van der Waals surface area contributed by atoms with E-state index < -0.39 is 0 Å². The van der Waals surface area contributed by atoms with Crippen molar-refractivity contribution in [2.24, 2.45) is 0 Å². The number of nitrogens with one attached hydrogen (secondary N) is 1. The SMILES string of the molecule is O=C(CSc1nn(-c2ccc(F)cc2)c(=S)s1)Nc1ccc(Br)cc1. The first-order valence-corrected chi connectivity index (χ1v) is 10.1. The topological polar surface area (TPSA) is 46.9 Å². The summed E-state index contributed by atoms with van der Waals surface area (Å²) in [5.41, 5.74) is 1.42. The number of hydrogen-bond donors (Lipinski definition) is 1. The van der Waals surface area contributed by atoms with E-state index in [1.165, 1.54) is 35.2 Å². The van der Waals surface area contributed by atoms with E-state index in [1.54, 1.807) is 16.8 Å². The van der Waals surface area contributed by atoms with Crippen molar-refractivity contribution in [2.75, 3.05) is 11.1 Å². The van der Waals surface area contributed by atoms with Crippen molar-refractivity contribution in [3.05, 3.63) is 62.8 Å². The van der Waals surface area contributed by atoms with Gasteiger partial charge in [-0.15, -0.1) is 5.10 Å². The Balaban J connectivity index is 1.63. The molecule has 9 heteroatoms. The molecule has 1 aromatic heterocycles. The number of amides is 1. The molecule has 0 aliphatic heterocycles. The smallest absolute Gasteiger partial charge is 0.234 e. The summed E-state index contributed by atoms with van der Waals surface area (Å²) in [6.07, 6.45) is 0. The minimum atomic E-state index is -0.315. The molecule has 2 aromatic carbocycles. The van der Waals surface area contributed by atoms with Crippen molar-refractivity contribution < 1.29 is 9.18 Å². The molecule has 25 heavy (non-hydrogen) atoms. The molecule has 0 aliphatic carbocycles. The zero-order valence-electron chi connectivity index (χ0n) is 12.6. The molecule has 1 amide bonds. The average molecular weight is 456 g/mol. The highest BCUT2D eigenvalue weighted by atomic mass is 79.9. The molecule has 1 heterocycles. The maximum atomic E-state index is 13.0. The van der Waals surface area contributed by atoms with Gasteiger partial charge in [0.1, 0.15) is 5.82 Å². The van der Waals surface area contributed by atoms with Gasteiger partial charge in [-0.2, -0.15) is 0 Å². The first kappa shape index (κ1) is 18.2. The maximum absolute atomic E-state index is 13.0. The summed E-state index contributed by atoms with van der Waals surface area (Å²) in [7, 11) is 0. The van der Waals surface area contributed by atoms with Gasteiger partial charge in [-0.1, -0.05) is 39.0 Å². The third-order valence-electron chi connectivity index (χ3n) is 3.06. The van der Waals surface area contributed by atoms with E-state index in [0.717, 1.165) is 10.2 Å². The molecule has 128 valence electrons. The van der Waals surface area contributed by atoms with Crippen LogP contribution in [0, 0.1) is 9.77 Å². The average Bonchev–Trinajstić information content (AvgIpc) is 2.97. The molecular weight excluding hydrogens is 445 g/mol. The molecule has 0 atom stereocenters. The Morgan fingerprint density at radius 3 is 2.60 bits per heavy atom. The molecule has 0 radical (unpaired) electrons. The standard InChI is InChI=1S/C16H11BrFN3OS3/c17-10-1-5-12(6-2-10)19-14(22)9-24-15-20-21(16(23)25-15)13-7-3-11(18)4-8-13/h1-8H,9H2,(H,19,22). The third-order valence-corrected chi connectivity index (χ3v) is 5.95. The zero-order valence-corrected chi connectivity index (χ0v) is 16.6. The summed E-state index contributed by atoms with van der Waals surface area (Å²) in [6, 6.07) is 13.3. The predicted octanol–water partition coefficient (Wildman–Crippen LogP) is 5.30. The highest BCUT2D eigenvalue weighted by Gasteiger charge is 2.10. The van der Waals surface area contributed by atoms with Crippen LogP contribution in [0.15, 0.2) is 57.3 Å². The highest BCUT2D eigenvalue weighted by Crippen LogP contribution is 2.24. The van der Waals surface area contributed by atoms with Crippen molar-refractivity contribution in [1.82, 2.24) is 9.78 Å². The number of carbonyl (C=O) groups excluding carboxylic acids is 1. The Bertz CT molecular complexity index is 939. The van der Waals surface area contributed by atoms with Crippen molar-refractivity contribution in [3.63, 3.8) is 0 Å². The fourth-order valence-electron chi connectivity index (χ4n) is 1.92. The van der Waals surface area contributed by atoms with Gasteiger partial charge in [-0.05, 0) is 60.7 Å². The Morgan fingerprint density at radius 2 is 1.92 bits per heavy atom. The van der Waals surface area contributed by atoms with E-state index in [4.69, 9.17) is 12.2 Å². The van der Waals surface area contributed by atoms with Crippen LogP contribution in [-0.2, 0) is 4.79 Å². The number of hydrogen-bond acceptors (Lipinski definition) is 5. The maximum Gasteiger partial charge on any atom is 0.234 e. The Morgan fingerprint density at radius 1 is 1.24 bits per heavy atom. The second-order valence-electron chi connectivity index (χ2n) is 4.87. The van der Waals surface area contributed by atoms with Crippen LogP contribution in [0.1, 0.15) is 0 Å². The Hall–Kier alpha value is -1.55. The molecule has 0 saturated heterocycles. The molecule has 0 unspecified atom stereocenters. The minimum absolute atomic E-state index is 0.123. The second-order valence-corrected chi connectivity index (χ2v) is 8.63. The number of aromatic nitrogens is 2. The van der Waals surface area contributed by atoms with Crippen LogP contribution >= 0.6 is 51.2 Å². The Kier molecular flexibility index (Phi) is 6.00. The molecule has 3 rings (SSSR count). The largest absolute Gasteiger partial charge is 0.325 e. The first-order chi connectivity index (χ1) is 12.0. The lowest BCUT2D eigenvalue weighted by atomic mass is 10.3. The van der Waals surface area contributed by atoms with E-state index in [1.807, 2.05) is 24.3 Å². The molecule has 0 spiro atoms. The van der Waals surface area contributed by atoms with Gasteiger partial charge in [0, 0.05) is 10.2 Å². The summed E-state index contributed by atoms with van der Waals surface area (Å²) < 4.78 is 16.8. The van der Waals surface area contributed by atoms with Crippen LogP contribution in [0.4, 0.5) is 10.1 Å². The number of anilines is 1. The van der Waals surface area contributed by atoms with Gasteiger partial charge in [0.2, 0.25) is 5.91 Å². The van der Waals surface area contributed by atoms with Gasteiger partial charge in [-0.3, -0.25) is 4.79 Å². The van der Waals surface area contributed by atoms with E-state index >= 15 is 0 Å². The normalized spacial score (nSPS) is 10.6. The first-order valence-electron chi connectivity index (χ1n) is 7.05. The van der Waals surface area contributed by atoms with Crippen molar-refractivity contribution >= 4 is 62.8 Å². The van der Waals surface area contributed by atoms with Crippen LogP contribution in [-0.4, -0.2) is 21.4 Å². The highest BCUT2D eigenvalue weighted by molar-refractivity contribution is 9.10. The lowest BCUT2D eigenvalue weighted by Gasteiger charge is -2.04. The quantitative estimate of drug-likeness (QED) is 0.419. The molecule has 0 bridgehead atoms. The van der Waals surface area contributed by atoms with E-state index in [2.05, 4.69) is 26.3 Å². The fraction of sp³-hybridized carbons (Fsp3) is 0.0625. The summed E-state index contributed by atoms with van der Waals surface area (Å²) in [4.78, 5) is 12.0. The van der Waals surface area contributed by atoms with Crippen LogP contribution in [0.25, 0.3) is 5.69 Å². The number of rotatable bonds is 5. The van der Waals surface area contributed by atoms with Gasteiger partial charge in [0.05, 0.1) is 11.4 Å². The summed E-state index contributed by atoms with van der Waals surface area (Å²) in [5.74, 6) is -0.214. The third kappa shape index (κ3) is 4.97. The number of carbonyl (C=O) groups is 1. The number of nitrogens with zero attached hydrogens (tertiary/aromatic N) is 2.